The number of piperidine rings is 1. The normalized spacial score (nSPS) is 19.8. The smallest absolute Gasteiger partial charge is 0.410 e. The van der Waals surface area contributed by atoms with Crippen molar-refractivity contribution in [3.8, 4) is 0 Å². The van der Waals surface area contributed by atoms with Crippen molar-refractivity contribution in [3.05, 3.63) is 102 Å². The number of rotatable bonds is 7. The molecular weight excluding hydrogens is 502 g/mol. The molecule has 4 rings (SSSR count). The van der Waals surface area contributed by atoms with E-state index in [9.17, 15) is 4.79 Å². The maximum atomic E-state index is 13.5. The van der Waals surface area contributed by atoms with Crippen LogP contribution < -0.4 is 5.19 Å². The maximum Gasteiger partial charge on any atom is 0.410 e. The van der Waals surface area contributed by atoms with E-state index in [1.807, 2.05) is 68.1 Å². The molecule has 0 radical (unpaired) electrons. The van der Waals surface area contributed by atoms with Crippen molar-refractivity contribution in [1.29, 1.82) is 0 Å². The summed E-state index contributed by atoms with van der Waals surface area (Å²) in [5.74, 6) is 0. The van der Waals surface area contributed by atoms with E-state index >= 15 is 0 Å². The Labute approximate surface area is 235 Å². The third kappa shape index (κ3) is 6.99. The zero-order valence-corrected chi connectivity index (χ0v) is 25.2. The lowest BCUT2D eigenvalue weighted by molar-refractivity contribution is -0.0286. The summed E-state index contributed by atoms with van der Waals surface area (Å²) in [5.41, 5.74) is 1.57. The first-order valence-corrected chi connectivity index (χ1v) is 15.8. The van der Waals surface area contributed by atoms with Crippen molar-refractivity contribution >= 4 is 19.8 Å². The molecule has 3 atom stereocenters. The first-order valence-electron chi connectivity index (χ1n) is 14.0. The Morgan fingerprint density at radius 2 is 1.41 bits per heavy atom. The van der Waals surface area contributed by atoms with E-state index < -0.39 is 14.2 Å². The van der Waals surface area contributed by atoms with Gasteiger partial charge in [-0.1, -0.05) is 112 Å². The maximum absolute atomic E-state index is 13.5. The molecule has 1 amide bonds. The highest BCUT2D eigenvalue weighted by Gasteiger charge is 2.54. The summed E-state index contributed by atoms with van der Waals surface area (Å²) in [6.45, 7) is 13.4. The Morgan fingerprint density at radius 3 is 1.97 bits per heavy atom. The van der Waals surface area contributed by atoms with Gasteiger partial charge in [-0.2, -0.15) is 0 Å². The molecule has 208 valence electrons. The molecule has 5 nitrogen and oxygen atoms in total. The Hall–Kier alpha value is -2.93. The number of nitrogens with zero attached hydrogens (tertiary/aromatic N) is 1. The van der Waals surface area contributed by atoms with Gasteiger partial charge in [0.1, 0.15) is 5.60 Å². The zero-order valence-electron chi connectivity index (χ0n) is 24.2. The van der Waals surface area contributed by atoms with Crippen LogP contribution in [0.25, 0.3) is 0 Å². The van der Waals surface area contributed by atoms with Crippen LogP contribution in [0.2, 0.25) is 5.04 Å². The van der Waals surface area contributed by atoms with Crippen LogP contribution in [0.1, 0.15) is 71.6 Å². The summed E-state index contributed by atoms with van der Waals surface area (Å²) in [5, 5.41) is 0.799. The highest BCUT2D eigenvalue weighted by molar-refractivity contribution is 6.83. The Morgan fingerprint density at radius 1 is 0.846 bits per heavy atom. The van der Waals surface area contributed by atoms with E-state index in [1.54, 1.807) is 0 Å². The lowest BCUT2D eigenvalue weighted by atomic mass is 9.93. The standard InChI is InChI=1S/C33H43NO4Si/c1-32(2,3)37-31(35)34-24-16-23-29(30(34)27-19-12-8-13-20-27)38-39(33(4,5)6,28-21-14-9-15-22-28)36-25-26-17-10-7-11-18-26/h7-15,17-22,29-30H,16,23-25H2,1-6H3/t29-,30-,39?/m0/s1. The molecule has 3 aromatic rings. The van der Waals surface area contributed by atoms with Crippen LogP contribution in [0.5, 0.6) is 0 Å². The Balaban J connectivity index is 1.77. The van der Waals surface area contributed by atoms with Gasteiger partial charge in [0.15, 0.2) is 0 Å². The highest BCUT2D eigenvalue weighted by Crippen LogP contribution is 2.43. The molecular formula is C33H43NO4Si. The summed E-state index contributed by atoms with van der Waals surface area (Å²) < 4.78 is 20.3. The summed E-state index contributed by atoms with van der Waals surface area (Å²) in [6, 6.07) is 30.6. The van der Waals surface area contributed by atoms with Crippen LogP contribution >= 0.6 is 0 Å². The number of carbonyl (C=O) groups is 1. The van der Waals surface area contributed by atoms with Gasteiger partial charge >= 0.3 is 14.7 Å². The lowest BCUT2D eigenvalue weighted by Crippen LogP contribution is -2.63. The second kappa shape index (κ2) is 12.1. The number of benzene rings is 3. The number of amides is 1. The van der Waals surface area contributed by atoms with Crippen molar-refractivity contribution in [3.63, 3.8) is 0 Å². The van der Waals surface area contributed by atoms with Crippen LogP contribution in [-0.4, -0.2) is 37.8 Å². The van der Waals surface area contributed by atoms with Crippen LogP contribution in [-0.2, 0) is 20.2 Å². The average molecular weight is 546 g/mol. The molecule has 0 saturated carbocycles. The van der Waals surface area contributed by atoms with Crippen molar-refractivity contribution in [2.45, 2.75) is 83.8 Å². The molecule has 1 unspecified atom stereocenters. The lowest BCUT2D eigenvalue weighted by Gasteiger charge is -2.48. The van der Waals surface area contributed by atoms with Crippen LogP contribution in [0.4, 0.5) is 4.79 Å². The first-order chi connectivity index (χ1) is 18.5. The molecule has 1 fully saturated rings. The molecule has 1 saturated heterocycles. The van der Waals surface area contributed by atoms with Gasteiger partial charge in [-0.25, -0.2) is 4.79 Å². The van der Waals surface area contributed by atoms with E-state index in [0.717, 1.165) is 29.2 Å². The minimum atomic E-state index is -3.11. The molecule has 1 aliphatic rings. The SMILES string of the molecule is CC(C)(C)OC(=O)N1CCC[C@H](O[Si](OCc2ccccc2)(c2ccccc2)C(C)(C)C)[C@@H]1c1ccccc1. The van der Waals surface area contributed by atoms with Crippen LogP contribution in [0, 0.1) is 0 Å². The van der Waals surface area contributed by atoms with E-state index in [2.05, 4.69) is 69.3 Å². The summed E-state index contributed by atoms with van der Waals surface area (Å²) >= 11 is 0. The van der Waals surface area contributed by atoms with E-state index in [-0.39, 0.29) is 23.3 Å². The van der Waals surface area contributed by atoms with E-state index in [4.69, 9.17) is 13.6 Å². The molecule has 1 aliphatic heterocycles. The minimum absolute atomic E-state index is 0.254. The number of carbonyl (C=O) groups excluding carboxylic acids is 1. The summed E-state index contributed by atoms with van der Waals surface area (Å²) in [7, 11) is -3.11. The molecule has 0 aliphatic carbocycles. The van der Waals surface area contributed by atoms with Gasteiger partial charge in [-0.05, 0) is 49.9 Å². The summed E-state index contributed by atoms with van der Waals surface area (Å²) in [4.78, 5) is 15.4. The number of hydrogen-bond donors (Lipinski definition) is 0. The number of likely N-dealkylation sites (tertiary alicyclic amines) is 1. The van der Waals surface area contributed by atoms with Gasteiger partial charge in [0.2, 0.25) is 0 Å². The predicted molar refractivity (Wildman–Crippen MR) is 159 cm³/mol. The van der Waals surface area contributed by atoms with Gasteiger partial charge in [0.25, 0.3) is 0 Å². The van der Waals surface area contributed by atoms with Gasteiger partial charge in [0.05, 0.1) is 18.8 Å². The average Bonchev–Trinajstić information content (AvgIpc) is 2.91. The molecule has 1 heterocycles. The fraction of sp³-hybridized carbons (Fsp3) is 0.424. The van der Waals surface area contributed by atoms with Crippen molar-refractivity contribution < 1.29 is 18.4 Å². The highest BCUT2D eigenvalue weighted by atomic mass is 28.4. The molecule has 0 bridgehead atoms. The van der Waals surface area contributed by atoms with Crippen LogP contribution in [0.3, 0.4) is 0 Å². The van der Waals surface area contributed by atoms with Crippen molar-refractivity contribution in [2.75, 3.05) is 6.54 Å². The number of hydrogen-bond acceptors (Lipinski definition) is 4. The fourth-order valence-corrected chi connectivity index (χ4v) is 8.99. The van der Waals surface area contributed by atoms with Crippen LogP contribution in [0.15, 0.2) is 91.0 Å². The molecule has 0 aromatic heterocycles. The first kappa shape index (κ1) is 29.1. The zero-order chi connectivity index (χ0) is 28.1. The van der Waals surface area contributed by atoms with Crippen molar-refractivity contribution in [1.82, 2.24) is 4.90 Å². The van der Waals surface area contributed by atoms with E-state index in [0.29, 0.717) is 13.2 Å². The Kier molecular flexibility index (Phi) is 8.99. The molecule has 0 N–H and O–H groups in total. The predicted octanol–water partition coefficient (Wildman–Crippen LogP) is 7.51. The van der Waals surface area contributed by atoms with Crippen molar-refractivity contribution in [2.24, 2.45) is 0 Å². The molecule has 0 spiro atoms. The van der Waals surface area contributed by atoms with Gasteiger partial charge in [-0.3, -0.25) is 4.90 Å². The molecule has 6 heteroatoms. The van der Waals surface area contributed by atoms with Gasteiger partial charge in [0, 0.05) is 11.6 Å². The quantitative estimate of drug-likeness (QED) is 0.288. The largest absolute Gasteiger partial charge is 0.444 e. The second-order valence-corrected chi connectivity index (χ2v) is 16.2. The Bertz CT molecular complexity index is 1190. The van der Waals surface area contributed by atoms with E-state index in [1.165, 1.54) is 0 Å². The molecule has 39 heavy (non-hydrogen) atoms. The minimum Gasteiger partial charge on any atom is -0.444 e. The summed E-state index contributed by atoms with van der Waals surface area (Å²) in [6.07, 6.45) is 1.09. The molecule has 3 aromatic carbocycles. The monoisotopic (exact) mass is 545 g/mol. The van der Waals surface area contributed by atoms with Gasteiger partial charge < -0.3 is 13.6 Å². The topological polar surface area (TPSA) is 48.0 Å². The van der Waals surface area contributed by atoms with Gasteiger partial charge in [-0.15, -0.1) is 0 Å². The third-order valence-corrected chi connectivity index (χ3v) is 11.3. The third-order valence-electron chi connectivity index (χ3n) is 7.09. The second-order valence-electron chi connectivity index (χ2n) is 12.3. The number of ether oxygens (including phenoxy) is 1. The fourth-order valence-electron chi connectivity index (χ4n) is 5.30.